The smallest absolute Gasteiger partial charge is 0.233 e. The van der Waals surface area contributed by atoms with Gasteiger partial charge >= 0.3 is 0 Å². The van der Waals surface area contributed by atoms with Crippen LogP contribution < -0.4 is 4.90 Å². The number of likely N-dealkylation sites (tertiary alicyclic amines) is 1. The van der Waals surface area contributed by atoms with E-state index in [-0.39, 0.29) is 0 Å². The van der Waals surface area contributed by atoms with Crippen LogP contribution in [0.1, 0.15) is 18.5 Å². The van der Waals surface area contributed by atoms with E-state index in [1.165, 1.54) is 30.8 Å². The summed E-state index contributed by atoms with van der Waals surface area (Å²) in [4.78, 5) is 16.7. The lowest BCUT2D eigenvalue weighted by Crippen LogP contribution is -2.55. The second kappa shape index (κ2) is 8.98. The van der Waals surface area contributed by atoms with Gasteiger partial charge in [-0.25, -0.2) is 9.97 Å². The van der Waals surface area contributed by atoms with Gasteiger partial charge in [-0.15, -0.1) is 0 Å². The topological polar surface area (TPSA) is 40.4 Å². The summed E-state index contributed by atoms with van der Waals surface area (Å²) in [6, 6.07) is 17.6. The Bertz CT molecular complexity index is 917. The Kier molecular flexibility index (Phi) is 5.77. The molecule has 2 aliphatic heterocycles. The first-order chi connectivity index (χ1) is 14.9. The zero-order valence-corrected chi connectivity index (χ0v) is 17.5. The van der Waals surface area contributed by atoms with Gasteiger partial charge in [0, 0.05) is 75.3 Å². The summed E-state index contributed by atoms with van der Waals surface area (Å²) in [5.74, 6) is 0.753. The van der Waals surface area contributed by atoms with Crippen LogP contribution in [-0.4, -0.2) is 69.6 Å². The number of piperazine rings is 1. The van der Waals surface area contributed by atoms with E-state index in [4.69, 9.17) is 0 Å². The van der Waals surface area contributed by atoms with Gasteiger partial charge in [0.25, 0.3) is 0 Å². The Morgan fingerprint density at radius 1 is 0.833 bits per heavy atom. The molecular formula is C24H30N6. The molecule has 6 nitrogen and oxygen atoms in total. The first-order valence-electron chi connectivity index (χ1n) is 11.1. The molecule has 0 unspecified atom stereocenters. The van der Waals surface area contributed by atoms with Crippen LogP contribution in [0.2, 0.25) is 0 Å². The fraction of sp³-hybridized carbons (Fsp3) is 0.417. The van der Waals surface area contributed by atoms with E-state index in [1.54, 1.807) is 12.4 Å². The van der Waals surface area contributed by atoms with Crippen molar-refractivity contribution >= 4 is 5.69 Å². The van der Waals surface area contributed by atoms with Crippen LogP contribution in [0.5, 0.6) is 0 Å². The molecule has 2 saturated heterocycles. The van der Waals surface area contributed by atoms with Crippen molar-refractivity contribution in [1.82, 2.24) is 24.3 Å². The number of rotatable bonds is 5. The van der Waals surface area contributed by atoms with Crippen molar-refractivity contribution in [1.29, 1.82) is 0 Å². The normalized spacial score (nSPS) is 21.1. The third-order valence-corrected chi connectivity index (χ3v) is 6.42. The monoisotopic (exact) mass is 402 g/mol. The van der Waals surface area contributed by atoms with E-state index in [0.29, 0.717) is 6.04 Å². The van der Waals surface area contributed by atoms with Crippen molar-refractivity contribution in [2.45, 2.75) is 25.4 Å². The minimum absolute atomic E-state index is 0.660. The molecule has 2 fully saturated rings. The van der Waals surface area contributed by atoms with Gasteiger partial charge in [-0.2, -0.15) is 0 Å². The molecule has 6 heteroatoms. The number of anilines is 1. The molecule has 2 aromatic heterocycles. The minimum atomic E-state index is 0.660. The summed E-state index contributed by atoms with van der Waals surface area (Å²) >= 11 is 0. The quantitative estimate of drug-likeness (QED) is 0.656. The van der Waals surface area contributed by atoms with Crippen LogP contribution in [0.15, 0.2) is 67.1 Å². The number of nitrogens with zero attached hydrogens (tertiary/aromatic N) is 6. The molecule has 156 valence electrons. The van der Waals surface area contributed by atoms with E-state index >= 15 is 0 Å². The molecule has 5 rings (SSSR count). The Hall–Kier alpha value is -2.70. The maximum Gasteiger partial charge on any atom is 0.233 e. The molecule has 0 saturated carbocycles. The zero-order chi connectivity index (χ0) is 20.2. The summed E-state index contributed by atoms with van der Waals surface area (Å²) < 4.78 is 2.11. The zero-order valence-electron chi connectivity index (χ0n) is 17.5. The van der Waals surface area contributed by atoms with Crippen LogP contribution in [-0.2, 0) is 6.54 Å². The Morgan fingerprint density at radius 2 is 1.63 bits per heavy atom. The van der Waals surface area contributed by atoms with Gasteiger partial charge in [-0.3, -0.25) is 14.4 Å². The molecule has 4 heterocycles. The highest BCUT2D eigenvalue weighted by Crippen LogP contribution is 2.22. The van der Waals surface area contributed by atoms with Gasteiger partial charge in [0.2, 0.25) is 5.95 Å². The average Bonchev–Trinajstić information content (AvgIpc) is 3.29. The lowest BCUT2D eigenvalue weighted by atomic mass is 10.0. The summed E-state index contributed by atoms with van der Waals surface area (Å²) in [7, 11) is 0. The molecule has 0 aliphatic carbocycles. The van der Waals surface area contributed by atoms with Crippen molar-refractivity contribution in [3.8, 4) is 5.95 Å². The summed E-state index contributed by atoms with van der Waals surface area (Å²) in [6.45, 7) is 7.81. The third-order valence-electron chi connectivity index (χ3n) is 6.42. The number of benzene rings is 1. The number of piperidine rings is 1. The van der Waals surface area contributed by atoms with E-state index in [0.717, 1.165) is 45.2 Å². The molecule has 30 heavy (non-hydrogen) atoms. The molecule has 0 bridgehead atoms. The molecule has 0 amide bonds. The molecule has 2 aliphatic rings. The van der Waals surface area contributed by atoms with Crippen LogP contribution in [0.4, 0.5) is 5.69 Å². The molecule has 0 radical (unpaired) electrons. The fourth-order valence-electron chi connectivity index (χ4n) is 4.84. The largest absolute Gasteiger partial charge is 0.369 e. The van der Waals surface area contributed by atoms with Crippen LogP contribution in [0, 0.1) is 0 Å². The number of aromatic nitrogens is 3. The van der Waals surface area contributed by atoms with Crippen molar-refractivity contribution < 1.29 is 0 Å². The molecule has 1 atom stereocenters. The van der Waals surface area contributed by atoms with Gasteiger partial charge in [0.1, 0.15) is 0 Å². The second-order valence-electron chi connectivity index (χ2n) is 8.31. The molecule has 0 spiro atoms. The highest BCUT2D eigenvalue weighted by atomic mass is 15.3. The summed E-state index contributed by atoms with van der Waals surface area (Å²) in [5.41, 5.74) is 2.61. The first-order valence-corrected chi connectivity index (χ1v) is 11.1. The van der Waals surface area contributed by atoms with Crippen molar-refractivity contribution in [2.24, 2.45) is 0 Å². The lowest BCUT2D eigenvalue weighted by molar-refractivity contribution is 0.0878. The van der Waals surface area contributed by atoms with Crippen LogP contribution in [0.25, 0.3) is 5.95 Å². The van der Waals surface area contributed by atoms with Gasteiger partial charge in [0.05, 0.1) is 0 Å². The molecule has 0 N–H and O–H groups in total. The summed E-state index contributed by atoms with van der Waals surface area (Å²) in [6.07, 6.45) is 8.25. The van der Waals surface area contributed by atoms with E-state index in [9.17, 15) is 0 Å². The Labute approximate surface area is 178 Å². The maximum atomic E-state index is 4.42. The van der Waals surface area contributed by atoms with Gasteiger partial charge in [-0.05, 0) is 49.7 Å². The third kappa shape index (κ3) is 4.25. The molecule has 1 aromatic carbocycles. The van der Waals surface area contributed by atoms with E-state index in [2.05, 4.69) is 77.9 Å². The van der Waals surface area contributed by atoms with Crippen molar-refractivity contribution in [3.05, 3.63) is 72.8 Å². The van der Waals surface area contributed by atoms with E-state index < -0.39 is 0 Å². The molecule has 3 aromatic rings. The van der Waals surface area contributed by atoms with Crippen LogP contribution >= 0.6 is 0 Å². The van der Waals surface area contributed by atoms with Crippen molar-refractivity contribution in [2.75, 3.05) is 44.2 Å². The predicted molar refractivity (Wildman–Crippen MR) is 120 cm³/mol. The van der Waals surface area contributed by atoms with E-state index in [1.807, 2.05) is 6.07 Å². The highest BCUT2D eigenvalue weighted by molar-refractivity contribution is 5.46. The van der Waals surface area contributed by atoms with Crippen molar-refractivity contribution in [3.63, 3.8) is 0 Å². The Morgan fingerprint density at radius 3 is 2.43 bits per heavy atom. The minimum Gasteiger partial charge on any atom is -0.369 e. The Balaban J connectivity index is 1.19. The average molecular weight is 403 g/mol. The SMILES string of the molecule is c1ccc(N2CCN([C@@H]3CCCN(Cc4cccn4-c4ncccn4)C3)CC2)cc1. The second-order valence-corrected chi connectivity index (χ2v) is 8.31. The highest BCUT2D eigenvalue weighted by Gasteiger charge is 2.28. The first kappa shape index (κ1) is 19.3. The standard InChI is InChI=1S/C24H30N6/c1-2-7-21(8-3-1)28-15-17-29(18-16-28)22-9-4-13-27(19-22)20-23-10-5-14-30(23)24-25-11-6-12-26-24/h1-3,5-8,10-12,14,22H,4,9,13,15-20H2/t22-/m1/s1. The van der Waals surface area contributed by atoms with Gasteiger partial charge in [-0.1, -0.05) is 18.2 Å². The summed E-state index contributed by atoms with van der Waals surface area (Å²) in [5, 5.41) is 0. The number of para-hydroxylation sites is 1. The fourth-order valence-corrected chi connectivity index (χ4v) is 4.84. The molecular weight excluding hydrogens is 372 g/mol. The maximum absolute atomic E-state index is 4.42. The van der Waals surface area contributed by atoms with Crippen LogP contribution in [0.3, 0.4) is 0 Å². The lowest BCUT2D eigenvalue weighted by Gasteiger charge is -2.44. The van der Waals surface area contributed by atoms with Gasteiger partial charge < -0.3 is 4.90 Å². The number of hydrogen-bond donors (Lipinski definition) is 0. The van der Waals surface area contributed by atoms with Gasteiger partial charge in [0.15, 0.2) is 0 Å². The number of hydrogen-bond acceptors (Lipinski definition) is 5. The predicted octanol–water partition coefficient (Wildman–Crippen LogP) is 3.05.